The van der Waals surface area contributed by atoms with Gasteiger partial charge in [0.1, 0.15) is 5.82 Å². The molecule has 1 rings (SSSR count). The highest BCUT2D eigenvalue weighted by Gasteiger charge is 2.21. The van der Waals surface area contributed by atoms with Crippen molar-refractivity contribution in [1.29, 1.82) is 0 Å². The van der Waals surface area contributed by atoms with Crippen molar-refractivity contribution in [2.75, 3.05) is 0 Å². The summed E-state index contributed by atoms with van der Waals surface area (Å²) >= 11 is 0. The zero-order valence-corrected chi connectivity index (χ0v) is 13.2. The van der Waals surface area contributed by atoms with Crippen molar-refractivity contribution in [1.82, 2.24) is 14.8 Å². The fourth-order valence-corrected chi connectivity index (χ4v) is 2.96. The number of hydrogen-bond donors (Lipinski definition) is 0. The van der Waals surface area contributed by atoms with E-state index in [1.807, 2.05) is 6.92 Å². The zero-order valence-electron chi connectivity index (χ0n) is 11.6. The standard InChI is InChI=1S/C12H22ClN3O2S/c1-3-5-6-7-8-9-11-14-15-12(19(13,17)18)16(11)10-4-2/h3-10H2,1-2H3. The highest BCUT2D eigenvalue weighted by atomic mass is 35.7. The molecule has 0 radical (unpaired) electrons. The summed E-state index contributed by atoms with van der Waals surface area (Å²) in [7, 11) is 1.55. The molecule has 0 aliphatic heterocycles. The summed E-state index contributed by atoms with van der Waals surface area (Å²) in [5.41, 5.74) is 0. The van der Waals surface area contributed by atoms with E-state index in [4.69, 9.17) is 10.7 Å². The predicted molar refractivity (Wildman–Crippen MR) is 75.8 cm³/mol. The third-order valence-corrected chi connectivity index (χ3v) is 4.11. The summed E-state index contributed by atoms with van der Waals surface area (Å²) in [6.07, 6.45) is 7.37. The third-order valence-electron chi connectivity index (χ3n) is 2.96. The second-order valence-corrected chi connectivity index (χ2v) is 7.11. The molecular formula is C12H22ClN3O2S. The van der Waals surface area contributed by atoms with Crippen molar-refractivity contribution < 1.29 is 8.42 Å². The summed E-state index contributed by atoms with van der Waals surface area (Å²) in [4.78, 5) is 0. The van der Waals surface area contributed by atoms with Crippen LogP contribution in [0.1, 0.15) is 58.2 Å². The summed E-state index contributed by atoms with van der Waals surface area (Å²) in [5.74, 6) is 0.720. The lowest BCUT2D eigenvalue weighted by molar-refractivity contribution is 0.545. The van der Waals surface area contributed by atoms with Crippen molar-refractivity contribution in [2.45, 2.75) is 70.5 Å². The molecule has 1 heterocycles. The van der Waals surface area contributed by atoms with Gasteiger partial charge in [0.05, 0.1) is 0 Å². The molecule has 0 saturated carbocycles. The maximum Gasteiger partial charge on any atom is 0.296 e. The first kappa shape index (κ1) is 16.4. The largest absolute Gasteiger partial charge is 0.301 e. The number of rotatable bonds is 9. The Morgan fingerprint density at radius 1 is 1.05 bits per heavy atom. The van der Waals surface area contributed by atoms with Crippen LogP contribution in [0, 0.1) is 0 Å². The van der Waals surface area contributed by atoms with E-state index in [1.165, 1.54) is 19.3 Å². The molecule has 0 saturated heterocycles. The first-order valence-electron chi connectivity index (χ1n) is 6.87. The molecule has 0 aromatic carbocycles. The number of hydrogen-bond acceptors (Lipinski definition) is 4. The van der Waals surface area contributed by atoms with Crippen LogP contribution in [0.2, 0.25) is 0 Å². The van der Waals surface area contributed by atoms with Crippen LogP contribution in [0.4, 0.5) is 0 Å². The van der Waals surface area contributed by atoms with Crippen LogP contribution in [0.3, 0.4) is 0 Å². The van der Waals surface area contributed by atoms with Crippen LogP contribution >= 0.6 is 10.7 Å². The molecule has 0 atom stereocenters. The van der Waals surface area contributed by atoms with Crippen LogP contribution in [-0.4, -0.2) is 23.2 Å². The molecular weight excluding hydrogens is 286 g/mol. The van der Waals surface area contributed by atoms with E-state index in [9.17, 15) is 8.42 Å². The van der Waals surface area contributed by atoms with Gasteiger partial charge in [-0.05, 0) is 12.8 Å². The lowest BCUT2D eigenvalue weighted by Crippen LogP contribution is -2.09. The lowest BCUT2D eigenvalue weighted by Gasteiger charge is -2.07. The molecule has 0 bridgehead atoms. The fourth-order valence-electron chi connectivity index (χ4n) is 2.02. The number of aryl methyl sites for hydroxylation is 1. The minimum Gasteiger partial charge on any atom is -0.301 e. The lowest BCUT2D eigenvalue weighted by atomic mass is 10.1. The molecule has 110 valence electrons. The van der Waals surface area contributed by atoms with Gasteiger partial charge in [0.2, 0.25) is 0 Å². The van der Waals surface area contributed by atoms with E-state index in [0.717, 1.165) is 31.5 Å². The maximum atomic E-state index is 11.4. The van der Waals surface area contributed by atoms with Crippen molar-refractivity contribution >= 4 is 19.7 Å². The summed E-state index contributed by atoms with van der Waals surface area (Å²) in [6, 6.07) is 0. The molecule has 0 unspecified atom stereocenters. The van der Waals surface area contributed by atoms with Crippen molar-refractivity contribution in [3.05, 3.63) is 5.82 Å². The number of unbranched alkanes of at least 4 members (excludes halogenated alkanes) is 4. The average Bonchev–Trinajstić information content (AvgIpc) is 2.72. The SMILES string of the molecule is CCCCCCCc1nnc(S(=O)(=O)Cl)n1CCC. The molecule has 0 aliphatic carbocycles. The number of halogens is 1. The molecule has 0 amide bonds. The monoisotopic (exact) mass is 307 g/mol. The Morgan fingerprint density at radius 3 is 2.32 bits per heavy atom. The van der Waals surface area contributed by atoms with Crippen LogP contribution in [0.25, 0.3) is 0 Å². The number of nitrogens with zero attached hydrogens (tertiary/aromatic N) is 3. The van der Waals surface area contributed by atoms with Gasteiger partial charge in [-0.1, -0.05) is 39.5 Å². The van der Waals surface area contributed by atoms with Gasteiger partial charge in [-0.3, -0.25) is 0 Å². The van der Waals surface area contributed by atoms with Crippen molar-refractivity contribution in [2.24, 2.45) is 0 Å². The summed E-state index contributed by atoms with van der Waals surface area (Å²) in [5, 5.41) is 7.56. The Hall–Kier alpha value is -0.620. The van der Waals surface area contributed by atoms with E-state index >= 15 is 0 Å². The third kappa shape index (κ3) is 5.10. The van der Waals surface area contributed by atoms with E-state index in [1.54, 1.807) is 4.57 Å². The molecule has 1 aromatic heterocycles. The van der Waals surface area contributed by atoms with Gasteiger partial charge in [-0.25, -0.2) is 8.42 Å². The maximum absolute atomic E-state index is 11.4. The normalized spacial score (nSPS) is 11.9. The first-order valence-corrected chi connectivity index (χ1v) is 9.18. The second kappa shape index (κ2) is 7.85. The van der Waals surface area contributed by atoms with Crippen LogP contribution < -0.4 is 0 Å². The van der Waals surface area contributed by atoms with Crippen molar-refractivity contribution in [3.8, 4) is 0 Å². The quantitative estimate of drug-likeness (QED) is 0.519. The Balaban J connectivity index is 2.70. The minimum absolute atomic E-state index is 0.125. The van der Waals surface area contributed by atoms with Crippen molar-refractivity contribution in [3.63, 3.8) is 0 Å². The average molecular weight is 308 g/mol. The Labute approximate surface area is 119 Å². The molecule has 0 N–H and O–H groups in total. The van der Waals surface area contributed by atoms with Gasteiger partial charge in [-0.2, -0.15) is 0 Å². The van der Waals surface area contributed by atoms with Crippen LogP contribution in [0.15, 0.2) is 5.16 Å². The smallest absolute Gasteiger partial charge is 0.296 e. The fraction of sp³-hybridized carbons (Fsp3) is 0.833. The molecule has 0 fully saturated rings. The van der Waals surface area contributed by atoms with E-state index in [2.05, 4.69) is 17.1 Å². The first-order chi connectivity index (χ1) is 9.00. The molecule has 0 spiro atoms. The molecule has 0 aliphatic rings. The molecule has 7 heteroatoms. The van der Waals surface area contributed by atoms with E-state index in [0.29, 0.717) is 6.54 Å². The van der Waals surface area contributed by atoms with Gasteiger partial charge < -0.3 is 4.57 Å². The summed E-state index contributed by atoms with van der Waals surface area (Å²) in [6.45, 7) is 4.74. The molecule has 19 heavy (non-hydrogen) atoms. The van der Waals surface area contributed by atoms with Gasteiger partial charge in [0.15, 0.2) is 0 Å². The Bertz CT molecular complexity index is 485. The molecule has 1 aromatic rings. The highest BCUT2D eigenvalue weighted by Crippen LogP contribution is 2.16. The van der Waals surface area contributed by atoms with Gasteiger partial charge in [-0.15, -0.1) is 10.2 Å². The summed E-state index contributed by atoms with van der Waals surface area (Å²) < 4.78 is 24.4. The van der Waals surface area contributed by atoms with E-state index < -0.39 is 9.05 Å². The minimum atomic E-state index is -3.81. The zero-order chi connectivity index (χ0) is 14.3. The van der Waals surface area contributed by atoms with Crippen LogP contribution in [-0.2, 0) is 22.0 Å². The van der Waals surface area contributed by atoms with Gasteiger partial charge in [0.25, 0.3) is 14.2 Å². The topological polar surface area (TPSA) is 64.8 Å². The predicted octanol–water partition coefficient (Wildman–Crippen LogP) is 3.13. The Morgan fingerprint density at radius 2 is 1.74 bits per heavy atom. The second-order valence-electron chi connectivity index (χ2n) is 4.65. The van der Waals surface area contributed by atoms with Gasteiger partial charge in [0, 0.05) is 23.6 Å². The highest BCUT2D eigenvalue weighted by molar-refractivity contribution is 8.13. The van der Waals surface area contributed by atoms with Crippen LogP contribution in [0.5, 0.6) is 0 Å². The number of aromatic nitrogens is 3. The van der Waals surface area contributed by atoms with Gasteiger partial charge >= 0.3 is 0 Å². The molecule has 5 nitrogen and oxygen atoms in total. The Kier molecular flexibility index (Phi) is 6.79. The van der Waals surface area contributed by atoms with E-state index in [-0.39, 0.29) is 5.16 Å².